The van der Waals surface area contributed by atoms with Crippen molar-refractivity contribution in [2.24, 2.45) is 0 Å². The molecule has 0 fully saturated rings. The third-order valence-corrected chi connectivity index (χ3v) is 3.88. The fraction of sp³-hybridized carbons (Fsp3) is 0.143. The van der Waals surface area contributed by atoms with Crippen LogP contribution in [0.5, 0.6) is 5.75 Å². The average Bonchev–Trinajstić information content (AvgIpc) is 2.67. The van der Waals surface area contributed by atoms with Crippen LogP contribution in [0.25, 0.3) is 11.3 Å². The first-order valence-electron chi connectivity index (χ1n) is 8.35. The molecule has 0 bridgehead atoms. The summed E-state index contributed by atoms with van der Waals surface area (Å²) in [5, 5.41) is 12.0. The molecule has 0 saturated carbocycles. The minimum absolute atomic E-state index is 0.114. The number of anilines is 1. The largest absolute Gasteiger partial charge is 0.497 e. The number of aromatic nitrogens is 2. The van der Waals surface area contributed by atoms with Gasteiger partial charge in [-0.2, -0.15) is 5.26 Å². The van der Waals surface area contributed by atoms with E-state index in [1.54, 1.807) is 31.5 Å². The van der Waals surface area contributed by atoms with Gasteiger partial charge in [-0.25, -0.2) is 9.97 Å². The van der Waals surface area contributed by atoms with Crippen LogP contribution < -0.4 is 10.1 Å². The summed E-state index contributed by atoms with van der Waals surface area (Å²) in [4.78, 5) is 20.2. The number of carbonyl (C=O) groups excluding carboxylic acids is 1. The van der Waals surface area contributed by atoms with Crippen molar-refractivity contribution in [2.45, 2.75) is 13.3 Å². The molecule has 3 aromatic rings. The van der Waals surface area contributed by atoms with Crippen molar-refractivity contribution in [3.63, 3.8) is 0 Å². The molecular formula is C21H18N4O2. The van der Waals surface area contributed by atoms with E-state index in [2.05, 4.69) is 21.4 Å². The minimum Gasteiger partial charge on any atom is -0.497 e. The Morgan fingerprint density at radius 2 is 2.07 bits per heavy atom. The van der Waals surface area contributed by atoms with Crippen LogP contribution in [-0.2, 0) is 11.2 Å². The minimum atomic E-state index is -0.114. The predicted octanol–water partition coefficient (Wildman–Crippen LogP) is 3.57. The SMILES string of the molecule is COc1cc(C#N)cc(-c2ccnc(Cc3cccc(NC(C)=O)c3)n2)c1. The summed E-state index contributed by atoms with van der Waals surface area (Å²) in [6, 6.07) is 16.8. The smallest absolute Gasteiger partial charge is 0.221 e. The highest BCUT2D eigenvalue weighted by atomic mass is 16.5. The van der Waals surface area contributed by atoms with E-state index in [0.29, 0.717) is 29.3 Å². The number of rotatable bonds is 5. The van der Waals surface area contributed by atoms with Crippen LogP contribution in [0.2, 0.25) is 0 Å². The highest BCUT2D eigenvalue weighted by Crippen LogP contribution is 2.25. The Bertz CT molecular complexity index is 1020. The lowest BCUT2D eigenvalue weighted by Gasteiger charge is -2.08. The van der Waals surface area contributed by atoms with Crippen molar-refractivity contribution < 1.29 is 9.53 Å². The lowest BCUT2D eigenvalue weighted by Crippen LogP contribution is -2.06. The topological polar surface area (TPSA) is 87.9 Å². The zero-order valence-electron chi connectivity index (χ0n) is 15.1. The molecule has 0 aliphatic carbocycles. The Kier molecular flexibility index (Phi) is 5.43. The zero-order chi connectivity index (χ0) is 19.2. The summed E-state index contributed by atoms with van der Waals surface area (Å²) in [6.07, 6.45) is 2.22. The molecular weight excluding hydrogens is 340 g/mol. The number of hydrogen-bond acceptors (Lipinski definition) is 5. The molecule has 1 amide bonds. The number of methoxy groups -OCH3 is 1. The molecule has 1 N–H and O–H groups in total. The summed E-state index contributed by atoms with van der Waals surface area (Å²) >= 11 is 0. The number of nitrogens with one attached hydrogen (secondary N) is 1. The number of hydrogen-bond donors (Lipinski definition) is 1. The van der Waals surface area contributed by atoms with Gasteiger partial charge in [0, 0.05) is 30.8 Å². The Balaban J connectivity index is 1.89. The third kappa shape index (κ3) is 4.67. The molecule has 6 heteroatoms. The lowest BCUT2D eigenvalue weighted by atomic mass is 10.1. The van der Waals surface area contributed by atoms with E-state index in [0.717, 1.165) is 16.8 Å². The first-order valence-corrected chi connectivity index (χ1v) is 8.35. The number of nitrogens with zero attached hydrogens (tertiary/aromatic N) is 3. The van der Waals surface area contributed by atoms with Crippen LogP contribution in [0.1, 0.15) is 23.9 Å². The molecule has 0 atom stereocenters. The maximum atomic E-state index is 11.2. The molecule has 0 radical (unpaired) electrons. The van der Waals surface area contributed by atoms with Gasteiger partial charge in [0.15, 0.2) is 0 Å². The molecule has 1 heterocycles. The lowest BCUT2D eigenvalue weighted by molar-refractivity contribution is -0.114. The first kappa shape index (κ1) is 18.1. The summed E-state index contributed by atoms with van der Waals surface area (Å²) in [6.45, 7) is 1.48. The number of nitriles is 1. The summed E-state index contributed by atoms with van der Waals surface area (Å²) < 4.78 is 5.26. The Labute approximate surface area is 157 Å². The number of benzene rings is 2. The van der Waals surface area contributed by atoms with Gasteiger partial charge in [-0.1, -0.05) is 12.1 Å². The Morgan fingerprint density at radius 1 is 1.22 bits per heavy atom. The van der Waals surface area contributed by atoms with E-state index in [4.69, 9.17) is 4.74 Å². The molecule has 134 valence electrons. The Hall–Kier alpha value is -3.72. The maximum absolute atomic E-state index is 11.2. The van der Waals surface area contributed by atoms with Crippen LogP contribution >= 0.6 is 0 Å². The van der Waals surface area contributed by atoms with Gasteiger partial charge in [0.1, 0.15) is 11.6 Å². The van der Waals surface area contributed by atoms with E-state index in [-0.39, 0.29) is 5.91 Å². The third-order valence-electron chi connectivity index (χ3n) is 3.88. The van der Waals surface area contributed by atoms with Gasteiger partial charge < -0.3 is 10.1 Å². The van der Waals surface area contributed by atoms with E-state index in [1.165, 1.54) is 6.92 Å². The summed E-state index contributed by atoms with van der Waals surface area (Å²) in [5.74, 6) is 1.14. The molecule has 0 unspecified atom stereocenters. The molecule has 0 aliphatic heterocycles. The number of carbonyl (C=O) groups is 1. The predicted molar refractivity (Wildman–Crippen MR) is 102 cm³/mol. The molecule has 2 aromatic carbocycles. The molecule has 0 spiro atoms. The van der Waals surface area contributed by atoms with E-state index in [1.807, 2.05) is 30.3 Å². The number of ether oxygens (including phenoxy) is 1. The van der Waals surface area contributed by atoms with Crippen LogP contribution in [-0.4, -0.2) is 23.0 Å². The van der Waals surface area contributed by atoms with E-state index < -0.39 is 0 Å². The average molecular weight is 358 g/mol. The van der Waals surface area contributed by atoms with Gasteiger partial charge in [0.05, 0.1) is 24.4 Å². The fourth-order valence-electron chi connectivity index (χ4n) is 2.72. The molecule has 1 aromatic heterocycles. The highest BCUT2D eigenvalue weighted by Gasteiger charge is 2.08. The van der Waals surface area contributed by atoms with Crippen LogP contribution in [0, 0.1) is 11.3 Å². The van der Waals surface area contributed by atoms with E-state index >= 15 is 0 Å². The summed E-state index contributed by atoms with van der Waals surface area (Å²) in [5.41, 5.74) is 3.74. The molecule has 6 nitrogen and oxygen atoms in total. The first-order chi connectivity index (χ1) is 13.1. The van der Waals surface area contributed by atoms with Crippen molar-refractivity contribution in [3.05, 3.63) is 71.7 Å². The second-order valence-corrected chi connectivity index (χ2v) is 5.98. The quantitative estimate of drug-likeness (QED) is 0.753. The second-order valence-electron chi connectivity index (χ2n) is 5.98. The van der Waals surface area contributed by atoms with Gasteiger partial charge in [-0.15, -0.1) is 0 Å². The fourth-order valence-corrected chi connectivity index (χ4v) is 2.72. The molecule has 0 saturated heterocycles. The van der Waals surface area contributed by atoms with Gasteiger partial charge >= 0.3 is 0 Å². The maximum Gasteiger partial charge on any atom is 0.221 e. The summed E-state index contributed by atoms with van der Waals surface area (Å²) in [7, 11) is 1.56. The van der Waals surface area contributed by atoms with Gasteiger partial charge in [-0.05, 0) is 42.0 Å². The second kappa shape index (κ2) is 8.11. The van der Waals surface area contributed by atoms with Crippen molar-refractivity contribution in [2.75, 3.05) is 12.4 Å². The standard InChI is InChI=1S/C21H18N4O2/c1-14(26)24-18-5-3-4-15(9-18)11-21-23-7-6-20(25-21)17-8-16(13-22)10-19(12-17)27-2/h3-10,12H,11H2,1-2H3,(H,24,26). The number of amides is 1. The van der Waals surface area contributed by atoms with Crippen LogP contribution in [0.4, 0.5) is 5.69 Å². The van der Waals surface area contributed by atoms with Gasteiger partial charge in [0.25, 0.3) is 0 Å². The highest BCUT2D eigenvalue weighted by molar-refractivity contribution is 5.88. The molecule has 0 aliphatic rings. The van der Waals surface area contributed by atoms with Crippen molar-refractivity contribution >= 4 is 11.6 Å². The van der Waals surface area contributed by atoms with Gasteiger partial charge in [0.2, 0.25) is 5.91 Å². The normalized spacial score (nSPS) is 10.1. The van der Waals surface area contributed by atoms with Crippen molar-refractivity contribution in [3.8, 4) is 23.1 Å². The van der Waals surface area contributed by atoms with Crippen LogP contribution in [0.15, 0.2) is 54.7 Å². The van der Waals surface area contributed by atoms with E-state index in [9.17, 15) is 10.1 Å². The van der Waals surface area contributed by atoms with Crippen molar-refractivity contribution in [1.82, 2.24) is 9.97 Å². The monoisotopic (exact) mass is 358 g/mol. The van der Waals surface area contributed by atoms with Crippen molar-refractivity contribution in [1.29, 1.82) is 5.26 Å². The van der Waals surface area contributed by atoms with Gasteiger partial charge in [-0.3, -0.25) is 4.79 Å². The molecule has 27 heavy (non-hydrogen) atoms. The van der Waals surface area contributed by atoms with Crippen LogP contribution in [0.3, 0.4) is 0 Å². The Morgan fingerprint density at radius 3 is 2.81 bits per heavy atom. The molecule has 3 rings (SSSR count). The zero-order valence-corrected chi connectivity index (χ0v) is 15.1.